The molecular weight excluding hydrogens is 286 g/mol. The number of nitrogens with zero attached hydrogens (tertiary/aromatic N) is 1. The van der Waals surface area contributed by atoms with Gasteiger partial charge in [0.2, 0.25) is 0 Å². The van der Waals surface area contributed by atoms with Crippen molar-refractivity contribution in [3.8, 4) is 11.8 Å². The zero-order valence-electron chi connectivity index (χ0n) is 11.9. The third kappa shape index (κ3) is 2.34. The van der Waals surface area contributed by atoms with E-state index in [1.165, 1.54) is 0 Å². The minimum Gasteiger partial charge on any atom is -0.497 e. The van der Waals surface area contributed by atoms with Gasteiger partial charge in [0, 0.05) is 0 Å². The SMILES string of the molecule is COc1ccc(C#N)c(C2=CC3CCCC(C2)S3(=O)=O)c1. The van der Waals surface area contributed by atoms with Crippen LogP contribution in [-0.4, -0.2) is 26.0 Å². The minimum absolute atomic E-state index is 0.297. The number of sulfone groups is 1. The monoisotopic (exact) mass is 303 g/mol. The van der Waals surface area contributed by atoms with E-state index in [-0.39, 0.29) is 5.25 Å². The number of nitriles is 1. The first-order valence-electron chi connectivity index (χ1n) is 7.08. The molecule has 21 heavy (non-hydrogen) atoms. The number of benzene rings is 1. The minimum atomic E-state index is -3.03. The Morgan fingerprint density at radius 3 is 2.81 bits per heavy atom. The molecule has 2 unspecified atom stereocenters. The molecule has 2 heterocycles. The maximum atomic E-state index is 12.3. The second-order valence-electron chi connectivity index (χ2n) is 5.60. The molecule has 0 N–H and O–H groups in total. The maximum absolute atomic E-state index is 12.3. The van der Waals surface area contributed by atoms with E-state index in [9.17, 15) is 13.7 Å². The molecule has 0 radical (unpaired) electrons. The molecule has 110 valence electrons. The number of fused-ring (bicyclic) bond motifs is 2. The van der Waals surface area contributed by atoms with Gasteiger partial charge in [0.1, 0.15) is 5.75 Å². The van der Waals surface area contributed by atoms with Crippen LogP contribution in [0.4, 0.5) is 0 Å². The predicted octanol–water partition coefficient (Wildman–Crippen LogP) is 2.69. The van der Waals surface area contributed by atoms with E-state index in [0.29, 0.717) is 24.2 Å². The highest BCUT2D eigenvalue weighted by Crippen LogP contribution is 2.40. The molecule has 3 rings (SSSR count). The summed E-state index contributed by atoms with van der Waals surface area (Å²) in [6.07, 6.45) is 4.72. The first-order chi connectivity index (χ1) is 10.1. The van der Waals surface area contributed by atoms with Gasteiger partial charge in [0.05, 0.1) is 29.2 Å². The van der Waals surface area contributed by atoms with Gasteiger partial charge in [-0.05, 0) is 48.6 Å². The van der Waals surface area contributed by atoms with Crippen LogP contribution in [0, 0.1) is 11.3 Å². The number of hydrogen-bond donors (Lipinski definition) is 0. The lowest BCUT2D eigenvalue weighted by molar-refractivity contribution is 0.414. The summed E-state index contributed by atoms with van der Waals surface area (Å²) in [5.41, 5.74) is 2.35. The van der Waals surface area contributed by atoms with Crippen molar-refractivity contribution in [1.29, 1.82) is 5.26 Å². The Hall–Kier alpha value is -1.80. The first-order valence-corrected chi connectivity index (χ1v) is 8.69. The van der Waals surface area contributed by atoms with Gasteiger partial charge in [0.25, 0.3) is 0 Å². The molecule has 2 bridgehead atoms. The van der Waals surface area contributed by atoms with E-state index >= 15 is 0 Å². The Kier molecular flexibility index (Phi) is 3.50. The second-order valence-corrected chi connectivity index (χ2v) is 8.05. The molecule has 1 saturated heterocycles. The zero-order chi connectivity index (χ0) is 15.0. The summed E-state index contributed by atoms with van der Waals surface area (Å²) in [4.78, 5) is 0. The normalized spacial score (nSPS) is 26.6. The van der Waals surface area contributed by atoms with Gasteiger partial charge >= 0.3 is 0 Å². The molecular formula is C16H17NO3S. The Morgan fingerprint density at radius 1 is 1.33 bits per heavy atom. The summed E-state index contributed by atoms with van der Waals surface area (Å²) in [5.74, 6) is 0.684. The maximum Gasteiger partial charge on any atom is 0.159 e. The Balaban J connectivity index is 2.10. The molecule has 5 heteroatoms. The van der Waals surface area contributed by atoms with Crippen molar-refractivity contribution < 1.29 is 13.2 Å². The molecule has 2 atom stereocenters. The fourth-order valence-electron chi connectivity index (χ4n) is 3.27. The van der Waals surface area contributed by atoms with Crippen LogP contribution >= 0.6 is 0 Å². The highest BCUT2D eigenvalue weighted by atomic mass is 32.2. The van der Waals surface area contributed by atoms with Crippen molar-refractivity contribution >= 4 is 15.4 Å². The largest absolute Gasteiger partial charge is 0.497 e. The highest BCUT2D eigenvalue weighted by Gasteiger charge is 2.40. The molecule has 0 amide bonds. The van der Waals surface area contributed by atoms with Gasteiger partial charge in [-0.25, -0.2) is 8.42 Å². The van der Waals surface area contributed by atoms with Crippen LogP contribution in [0.15, 0.2) is 24.3 Å². The van der Waals surface area contributed by atoms with E-state index in [0.717, 1.165) is 24.0 Å². The summed E-state index contributed by atoms with van der Waals surface area (Å²) in [6.45, 7) is 0. The fourth-order valence-corrected chi connectivity index (χ4v) is 5.52. The topological polar surface area (TPSA) is 67.2 Å². The molecule has 0 aliphatic carbocycles. The van der Waals surface area contributed by atoms with E-state index in [2.05, 4.69) is 6.07 Å². The predicted molar refractivity (Wildman–Crippen MR) is 80.6 cm³/mol. The van der Waals surface area contributed by atoms with Crippen LogP contribution in [0.5, 0.6) is 5.75 Å². The number of allylic oxidation sites excluding steroid dienone is 1. The van der Waals surface area contributed by atoms with Crippen molar-refractivity contribution in [2.24, 2.45) is 0 Å². The Morgan fingerprint density at radius 2 is 2.14 bits per heavy atom. The highest BCUT2D eigenvalue weighted by molar-refractivity contribution is 7.93. The van der Waals surface area contributed by atoms with Crippen LogP contribution in [0.25, 0.3) is 5.57 Å². The van der Waals surface area contributed by atoms with Crippen LogP contribution in [-0.2, 0) is 9.84 Å². The lowest BCUT2D eigenvalue weighted by Gasteiger charge is -2.33. The third-order valence-electron chi connectivity index (χ3n) is 4.43. The van der Waals surface area contributed by atoms with Crippen LogP contribution in [0.2, 0.25) is 0 Å². The molecule has 1 aromatic carbocycles. The van der Waals surface area contributed by atoms with Crippen molar-refractivity contribution in [3.05, 3.63) is 35.4 Å². The summed E-state index contributed by atoms with van der Waals surface area (Å²) in [6, 6.07) is 7.50. The van der Waals surface area contributed by atoms with Gasteiger partial charge in [0.15, 0.2) is 9.84 Å². The van der Waals surface area contributed by atoms with Crippen LogP contribution < -0.4 is 4.74 Å². The van der Waals surface area contributed by atoms with E-state index < -0.39 is 15.1 Å². The molecule has 4 nitrogen and oxygen atoms in total. The quantitative estimate of drug-likeness (QED) is 0.842. The number of hydrogen-bond acceptors (Lipinski definition) is 4. The van der Waals surface area contributed by atoms with Gasteiger partial charge < -0.3 is 4.74 Å². The summed E-state index contributed by atoms with van der Waals surface area (Å²) in [7, 11) is -1.45. The van der Waals surface area contributed by atoms with Gasteiger partial charge in [-0.3, -0.25) is 0 Å². The third-order valence-corrected chi connectivity index (χ3v) is 6.98. The summed E-state index contributed by atoms with van der Waals surface area (Å²) < 4.78 is 29.9. The van der Waals surface area contributed by atoms with Crippen molar-refractivity contribution in [1.82, 2.24) is 0 Å². The number of ether oxygens (including phenoxy) is 1. The number of rotatable bonds is 2. The van der Waals surface area contributed by atoms with E-state index in [4.69, 9.17) is 4.74 Å². The number of methoxy groups -OCH3 is 1. The fraction of sp³-hybridized carbons (Fsp3) is 0.438. The smallest absolute Gasteiger partial charge is 0.159 e. The molecule has 0 saturated carbocycles. The van der Waals surface area contributed by atoms with Crippen molar-refractivity contribution in [2.75, 3.05) is 7.11 Å². The summed E-state index contributed by atoms with van der Waals surface area (Å²) in [5, 5.41) is 8.59. The molecule has 1 aromatic rings. The van der Waals surface area contributed by atoms with Gasteiger partial charge in [-0.15, -0.1) is 0 Å². The Bertz CT molecular complexity index is 743. The molecule has 1 fully saturated rings. The molecule has 0 aromatic heterocycles. The average molecular weight is 303 g/mol. The van der Waals surface area contributed by atoms with Crippen molar-refractivity contribution in [3.63, 3.8) is 0 Å². The first kappa shape index (κ1) is 14.2. The standard InChI is InChI=1S/C16H17NO3S/c1-20-13-6-5-11(10-17)16(9-13)12-7-14-3-2-4-15(8-12)21(14,18)19/h5-7,9,14-15H,2-4,8H2,1H3. The van der Waals surface area contributed by atoms with E-state index in [1.807, 2.05) is 12.1 Å². The van der Waals surface area contributed by atoms with Crippen molar-refractivity contribution in [2.45, 2.75) is 36.2 Å². The van der Waals surface area contributed by atoms with Crippen LogP contribution in [0.1, 0.15) is 36.8 Å². The molecule has 2 aliphatic heterocycles. The van der Waals surface area contributed by atoms with Gasteiger partial charge in [-0.2, -0.15) is 5.26 Å². The second kappa shape index (κ2) is 5.19. The Labute approximate surface area is 125 Å². The molecule has 0 spiro atoms. The lowest BCUT2D eigenvalue weighted by Crippen LogP contribution is -2.38. The lowest BCUT2D eigenvalue weighted by atomic mass is 9.91. The van der Waals surface area contributed by atoms with Gasteiger partial charge in [-0.1, -0.05) is 12.5 Å². The summed E-state index contributed by atoms with van der Waals surface area (Å²) >= 11 is 0. The zero-order valence-corrected chi connectivity index (χ0v) is 12.7. The van der Waals surface area contributed by atoms with E-state index in [1.54, 1.807) is 19.2 Å². The average Bonchev–Trinajstić information content (AvgIpc) is 2.45. The molecule has 2 aliphatic rings. The van der Waals surface area contributed by atoms with Crippen LogP contribution in [0.3, 0.4) is 0 Å².